The summed E-state index contributed by atoms with van der Waals surface area (Å²) < 4.78 is 0. The molecule has 1 aromatic rings. The molecular weight excluding hydrogens is 186 g/mol. The summed E-state index contributed by atoms with van der Waals surface area (Å²) in [7, 11) is 0. The van der Waals surface area contributed by atoms with Crippen LogP contribution in [0, 0.1) is 0 Å². The topological polar surface area (TPSA) is 37.0 Å². The second-order valence-corrected chi connectivity index (χ2v) is 4.13. The Morgan fingerprint density at radius 3 is 3.07 bits per heavy atom. The van der Waals surface area contributed by atoms with Crippen LogP contribution in [-0.4, -0.2) is 17.6 Å². The van der Waals surface area contributed by atoms with E-state index >= 15 is 0 Å². The number of pyridine rings is 1. The highest BCUT2D eigenvalue weighted by Crippen LogP contribution is 2.26. The first-order chi connectivity index (χ1) is 7.40. The molecule has 0 unspecified atom stereocenters. The van der Waals surface area contributed by atoms with E-state index in [0.29, 0.717) is 6.04 Å². The standard InChI is InChI=1S/C12H19N3/c1-2-6-13-8-10-5-7-14-9-12(10)15-11-3-4-11/h5,7,9,11,13,15H,2-4,6,8H2,1H3. The zero-order chi connectivity index (χ0) is 10.5. The summed E-state index contributed by atoms with van der Waals surface area (Å²) in [6.45, 7) is 4.19. The lowest BCUT2D eigenvalue weighted by atomic mass is 10.2. The molecule has 3 heteroatoms. The first kappa shape index (κ1) is 10.4. The van der Waals surface area contributed by atoms with Crippen molar-refractivity contribution in [2.24, 2.45) is 0 Å². The van der Waals surface area contributed by atoms with Gasteiger partial charge < -0.3 is 10.6 Å². The van der Waals surface area contributed by atoms with E-state index < -0.39 is 0 Å². The molecular formula is C12H19N3. The fourth-order valence-corrected chi connectivity index (χ4v) is 1.55. The molecule has 2 rings (SSSR count). The third-order valence-electron chi connectivity index (χ3n) is 2.59. The van der Waals surface area contributed by atoms with Crippen LogP contribution in [0.25, 0.3) is 0 Å². The highest BCUT2D eigenvalue weighted by Gasteiger charge is 2.21. The predicted molar refractivity (Wildman–Crippen MR) is 62.9 cm³/mol. The van der Waals surface area contributed by atoms with Crippen molar-refractivity contribution in [3.8, 4) is 0 Å². The molecule has 0 bridgehead atoms. The average molecular weight is 205 g/mol. The molecule has 15 heavy (non-hydrogen) atoms. The Morgan fingerprint density at radius 2 is 2.33 bits per heavy atom. The smallest absolute Gasteiger partial charge is 0.0574 e. The van der Waals surface area contributed by atoms with Gasteiger partial charge in [0.15, 0.2) is 0 Å². The fraction of sp³-hybridized carbons (Fsp3) is 0.583. The summed E-state index contributed by atoms with van der Waals surface area (Å²) >= 11 is 0. The number of hydrogen-bond acceptors (Lipinski definition) is 3. The molecule has 0 aliphatic heterocycles. The summed E-state index contributed by atoms with van der Waals surface area (Å²) in [6, 6.07) is 2.78. The molecule has 0 aromatic carbocycles. The number of anilines is 1. The van der Waals surface area contributed by atoms with Crippen LogP contribution in [0.5, 0.6) is 0 Å². The van der Waals surface area contributed by atoms with E-state index in [1.165, 1.54) is 30.5 Å². The summed E-state index contributed by atoms with van der Waals surface area (Å²) in [6.07, 6.45) is 7.58. The van der Waals surface area contributed by atoms with Crippen LogP contribution in [0.1, 0.15) is 31.7 Å². The molecule has 3 nitrogen and oxygen atoms in total. The van der Waals surface area contributed by atoms with Crippen LogP contribution >= 0.6 is 0 Å². The Morgan fingerprint density at radius 1 is 1.47 bits per heavy atom. The maximum absolute atomic E-state index is 4.16. The lowest BCUT2D eigenvalue weighted by molar-refractivity contribution is 0.675. The van der Waals surface area contributed by atoms with Gasteiger partial charge in [-0.05, 0) is 37.4 Å². The van der Waals surface area contributed by atoms with Crippen molar-refractivity contribution in [3.63, 3.8) is 0 Å². The van der Waals surface area contributed by atoms with E-state index in [1.54, 1.807) is 0 Å². The predicted octanol–water partition coefficient (Wildman–Crippen LogP) is 2.16. The highest BCUT2D eigenvalue weighted by molar-refractivity contribution is 5.50. The van der Waals surface area contributed by atoms with Gasteiger partial charge in [0.2, 0.25) is 0 Å². The molecule has 1 saturated carbocycles. The zero-order valence-corrected chi connectivity index (χ0v) is 9.29. The van der Waals surface area contributed by atoms with Crippen LogP contribution in [0.4, 0.5) is 5.69 Å². The average Bonchev–Trinajstić information content (AvgIpc) is 3.05. The molecule has 0 radical (unpaired) electrons. The van der Waals surface area contributed by atoms with E-state index in [1.807, 2.05) is 12.4 Å². The van der Waals surface area contributed by atoms with Gasteiger partial charge in [-0.3, -0.25) is 4.98 Å². The minimum atomic E-state index is 0.694. The van der Waals surface area contributed by atoms with Crippen molar-refractivity contribution < 1.29 is 0 Å². The van der Waals surface area contributed by atoms with Gasteiger partial charge in [0.05, 0.1) is 11.9 Å². The SMILES string of the molecule is CCCNCc1ccncc1NC1CC1. The van der Waals surface area contributed by atoms with E-state index in [0.717, 1.165) is 13.1 Å². The Balaban J connectivity index is 1.93. The third kappa shape index (κ3) is 3.20. The van der Waals surface area contributed by atoms with Crippen LogP contribution in [0.15, 0.2) is 18.5 Å². The number of hydrogen-bond donors (Lipinski definition) is 2. The van der Waals surface area contributed by atoms with Gasteiger partial charge in [-0.15, -0.1) is 0 Å². The van der Waals surface area contributed by atoms with Gasteiger partial charge in [0.25, 0.3) is 0 Å². The van der Waals surface area contributed by atoms with Gasteiger partial charge >= 0.3 is 0 Å². The molecule has 1 aliphatic carbocycles. The maximum Gasteiger partial charge on any atom is 0.0574 e. The lowest BCUT2D eigenvalue weighted by Gasteiger charge is -2.11. The molecule has 1 heterocycles. The van der Waals surface area contributed by atoms with Crippen LogP contribution in [0.2, 0.25) is 0 Å². The minimum absolute atomic E-state index is 0.694. The van der Waals surface area contributed by atoms with Gasteiger partial charge in [0, 0.05) is 18.8 Å². The first-order valence-electron chi connectivity index (χ1n) is 5.80. The molecule has 2 N–H and O–H groups in total. The zero-order valence-electron chi connectivity index (χ0n) is 9.29. The van der Waals surface area contributed by atoms with E-state index in [-0.39, 0.29) is 0 Å². The van der Waals surface area contributed by atoms with E-state index in [4.69, 9.17) is 0 Å². The van der Waals surface area contributed by atoms with Crippen molar-refractivity contribution in [2.75, 3.05) is 11.9 Å². The van der Waals surface area contributed by atoms with Crippen molar-refractivity contribution in [1.29, 1.82) is 0 Å². The number of nitrogens with one attached hydrogen (secondary N) is 2. The largest absolute Gasteiger partial charge is 0.381 e. The number of rotatable bonds is 6. The molecule has 0 spiro atoms. The monoisotopic (exact) mass is 205 g/mol. The molecule has 0 amide bonds. The number of nitrogens with zero attached hydrogens (tertiary/aromatic N) is 1. The quantitative estimate of drug-likeness (QED) is 0.699. The second-order valence-electron chi connectivity index (χ2n) is 4.13. The van der Waals surface area contributed by atoms with Crippen LogP contribution < -0.4 is 10.6 Å². The molecule has 1 aromatic heterocycles. The summed E-state index contributed by atoms with van der Waals surface area (Å²) in [4.78, 5) is 4.16. The Bertz CT molecular complexity index is 307. The van der Waals surface area contributed by atoms with Gasteiger partial charge in [0.1, 0.15) is 0 Å². The van der Waals surface area contributed by atoms with Crippen molar-refractivity contribution >= 4 is 5.69 Å². The third-order valence-corrected chi connectivity index (χ3v) is 2.59. The first-order valence-corrected chi connectivity index (χ1v) is 5.80. The summed E-state index contributed by atoms with van der Waals surface area (Å²) in [5.41, 5.74) is 2.52. The molecule has 1 aliphatic rings. The Kier molecular flexibility index (Phi) is 3.56. The van der Waals surface area contributed by atoms with Crippen molar-refractivity contribution in [1.82, 2.24) is 10.3 Å². The Labute approximate surface area is 91.3 Å². The molecule has 0 saturated heterocycles. The lowest BCUT2D eigenvalue weighted by Crippen LogP contribution is -2.15. The molecule has 0 atom stereocenters. The minimum Gasteiger partial charge on any atom is -0.381 e. The number of aromatic nitrogens is 1. The summed E-state index contributed by atoms with van der Waals surface area (Å²) in [5, 5.41) is 6.93. The molecule has 1 fully saturated rings. The van der Waals surface area contributed by atoms with Crippen LogP contribution in [-0.2, 0) is 6.54 Å². The van der Waals surface area contributed by atoms with Crippen LogP contribution in [0.3, 0.4) is 0 Å². The maximum atomic E-state index is 4.16. The van der Waals surface area contributed by atoms with Crippen molar-refractivity contribution in [2.45, 2.75) is 38.8 Å². The normalized spacial score (nSPS) is 15.3. The van der Waals surface area contributed by atoms with E-state index in [2.05, 4.69) is 28.6 Å². The Hall–Kier alpha value is -1.09. The fourth-order valence-electron chi connectivity index (χ4n) is 1.55. The summed E-state index contributed by atoms with van der Waals surface area (Å²) in [5.74, 6) is 0. The van der Waals surface area contributed by atoms with Gasteiger partial charge in [-0.25, -0.2) is 0 Å². The molecule has 82 valence electrons. The highest BCUT2D eigenvalue weighted by atomic mass is 15.0. The van der Waals surface area contributed by atoms with Crippen molar-refractivity contribution in [3.05, 3.63) is 24.0 Å². The second kappa shape index (κ2) is 5.12. The van der Waals surface area contributed by atoms with Gasteiger partial charge in [-0.2, -0.15) is 0 Å². The van der Waals surface area contributed by atoms with Gasteiger partial charge in [-0.1, -0.05) is 6.92 Å². The van der Waals surface area contributed by atoms with E-state index in [9.17, 15) is 0 Å².